The number of nitrogens with zero attached hydrogens (tertiary/aromatic N) is 4. The van der Waals surface area contributed by atoms with Crippen LogP contribution in [0.1, 0.15) is 0 Å². The van der Waals surface area contributed by atoms with Gasteiger partial charge >= 0.3 is 0 Å². The van der Waals surface area contributed by atoms with Crippen LogP contribution >= 0.6 is 11.3 Å². The molecular formula is C19H13N5OS. The van der Waals surface area contributed by atoms with E-state index in [4.69, 9.17) is 9.72 Å². The number of ether oxygens (including phenoxy) is 1. The Labute approximate surface area is 152 Å². The SMILES string of the molecule is COc1cc(-c2cnc3[nH]cc(-c4ccc5ncsc5c4)c3n2)ccn1. The van der Waals surface area contributed by atoms with Crippen molar-refractivity contribution in [3.8, 4) is 28.3 Å². The molecule has 1 aromatic carbocycles. The highest BCUT2D eigenvalue weighted by Gasteiger charge is 2.12. The molecule has 0 atom stereocenters. The van der Waals surface area contributed by atoms with Crippen molar-refractivity contribution in [3.05, 3.63) is 54.4 Å². The number of aromatic nitrogens is 5. The van der Waals surface area contributed by atoms with Crippen LogP contribution in [0.2, 0.25) is 0 Å². The maximum Gasteiger partial charge on any atom is 0.213 e. The third-order valence-corrected chi connectivity index (χ3v) is 5.05. The van der Waals surface area contributed by atoms with Crippen molar-refractivity contribution in [2.75, 3.05) is 7.11 Å². The molecule has 126 valence electrons. The summed E-state index contributed by atoms with van der Waals surface area (Å²) in [6, 6.07) is 9.98. The molecule has 1 N–H and O–H groups in total. The lowest BCUT2D eigenvalue weighted by atomic mass is 10.1. The third kappa shape index (κ3) is 2.41. The summed E-state index contributed by atoms with van der Waals surface area (Å²) in [6.45, 7) is 0. The fourth-order valence-corrected chi connectivity index (χ4v) is 3.67. The van der Waals surface area contributed by atoms with Gasteiger partial charge in [-0.15, -0.1) is 11.3 Å². The van der Waals surface area contributed by atoms with Crippen LogP contribution in [0.15, 0.2) is 54.4 Å². The highest BCUT2D eigenvalue weighted by atomic mass is 32.1. The van der Waals surface area contributed by atoms with Gasteiger partial charge in [0.25, 0.3) is 0 Å². The van der Waals surface area contributed by atoms with Gasteiger partial charge < -0.3 is 9.72 Å². The Kier molecular flexibility index (Phi) is 3.39. The summed E-state index contributed by atoms with van der Waals surface area (Å²) in [5, 5.41) is 0. The molecule has 0 radical (unpaired) electrons. The van der Waals surface area contributed by atoms with E-state index in [1.807, 2.05) is 29.9 Å². The number of hydrogen-bond acceptors (Lipinski definition) is 6. The van der Waals surface area contributed by atoms with E-state index < -0.39 is 0 Å². The first-order valence-electron chi connectivity index (χ1n) is 8.00. The van der Waals surface area contributed by atoms with E-state index in [-0.39, 0.29) is 0 Å². The Morgan fingerprint density at radius 2 is 2.00 bits per heavy atom. The van der Waals surface area contributed by atoms with Crippen LogP contribution < -0.4 is 4.74 Å². The van der Waals surface area contributed by atoms with Crippen molar-refractivity contribution in [1.29, 1.82) is 0 Å². The number of thiazole rings is 1. The van der Waals surface area contributed by atoms with Crippen LogP contribution in [0.25, 0.3) is 43.8 Å². The standard InChI is InChI=1S/C19H13N5OS/c1-25-17-7-12(4-5-20-17)15-9-22-19-18(24-15)13(8-21-19)11-2-3-14-16(6-11)26-10-23-14/h2-10H,1H3,(H,21,22). The minimum Gasteiger partial charge on any atom is -0.481 e. The van der Waals surface area contributed by atoms with Crippen LogP contribution in [-0.2, 0) is 0 Å². The number of hydrogen-bond donors (Lipinski definition) is 1. The zero-order chi connectivity index (χ0) is 17.5. The summed E-state index contributed by atoms with van der Waals surface area (Å²) in [7, 11) is 1.60. The van der Waals surface area contributed by atoms with Gasteiger partial charge in [-0.3, -0.25) is 0 Å². The summed E-state index contributed by atoms with van der Waals surface area (Å²) in [4.78, 5) is 21.0. The van der Waals surface area contributed by atoms with E-state index in [0.29, 0.717) is 5.88 Å². The van der Waals surface area contributed by atoms with E-state index in [1.54, 1.807) is 30.8 Å². The molecule has 7 heteroatoms. The monoisotopic (exact) mass is 359 g/mol. The van der Waals surface area contributed by atoms with Crippen LogP contribution in [0.3, 0.4) is 0 Å². The molecule has 5 rings (SSSR count). The second kappa shape index (κ2) is 5.89. The van der Waals surface area contributed by atoms with Crippen LogP contribution in [0.4, 0.5) is 0 Å². The van der Waals surface area contributed by atoms with Crippen molar-refractivity contribution in [1.82, 2.24) is 24.9 Å². The van der Waals surface area contributed by atoms with E-state index in [1.165, 1.54) is 0 Å². The van der Waals surface area contributed by atoms with Crippen molar-refractivity contribution in [2.24, 2.45) is 0 Å². The maximum absolute atomic E-state index is 5.20. The Hall–Kier alpha value is -3.32. The predicted molar refractivity (Wildman–Crippen MR) is 102 cm³/mol. The lowest BCUT2D eigenvalue weighted by molar-refractivity contribution is 0.398. The fourth-order valence-electron chi connectivity index (χ4n) is 2.95. The van der Waals surface area contributed by atoms with Gasteiger partial charge in [-0.1, -0.05) is 6.07 Å². The molecule has 4 aromatic heterocycles. The second-order valence-corrected chi connectivity index (χ2v) is 6.66. The number of nitrogens with one attached hydrogen (secondary N) is 1. The highest BCUT2D eigenvalue weighted by molar-refractivity contribution is 7.16. The molecule has 0 fully saturated rings. The van der Waals surface area contributed by atoms with E-state index in [9.17, 15) is 0 Å². The van der Waals surface area contributed by atoms with Crippen molar-refractivity contribution in [2.45, 2.75) is 0 Å². The maximum atomic E-state index is 5.20. The summed E-state index contributed by atoms with van der Waals surface area (Å²) in [5.41, 5.74) is 8.26. The first-order chi connectivity index (χ1) is 12.8. The number of aromatic amines is 1. The average Bonchev–Trinajstić information content (AvgIpc) is 3.33. The molecule has 6 nitrogen and oxygen atoms in total. The number of methoxy groups -OCH3 is 1. The van der Waals surface area contributed by atoms with Crippen molar-refractivity contribution >= 4 is 32.7 Å². The number of rotatable bonds is 3. The first-order valence-corrected chi connectivity index (χ1v) is 8.88. The van der Waals surface area contributed by atoms with Gasteiger partial charge in [0.1, 0.15) is 5.52 Å². The molecular weight excluding hydrogens is 346 g/mol. The van der Waals surface area contributed by atoms with Gasteiger partial charge in [0.05, 0.1) is 34.7 Å². The van der Waals surface area contributed by atoms with E-state index in [2.05, 4.69) is 32.1 Å². The number of benzene rings is 1. The Morgan fingerprint density at radius 1 is 1.04 bits per heavy atom. The predicted octanol–water partition coefficient (Wildman–Crippen LogP) is 4.31. The molecule has 0 unspecified atom stereocenters. The number of H-pyrrole nitrogens is 1. The minimum atomic E-state index is 0.550. The van der Waals surface area contributed by atoms with Gasteiger partial charge in [0.15, 0.2) is 5.65 Å². The zero-order valence-corrected chi connectivity index (χ0v) is 14.6. The lowest BCUT2D eigenvalue weighted by Gasteiger charge is -2.04. The largest absolute Gasteiger partial charge is 0.481 e. The lowest BCUT2D eigenvalue weighted by Crippen LogP contribution is -1.91. The Bertz CT molecular complexity index is 1240. The van der Waals surface area contributed by atoms with E-state index >= 15 is 0 Å². The molecule has 0 saturated heterocycles. The number of pyridine rings is 1. The highest BCUT2D eigenvalue weighted by Crippen LogP contribution is 2.31. The van der Waals surface area contributed by atoms with Crippen LogP contribution in [0, 0.1) is 0 Å². The van der Waals surface area contributed by atoms with Crippen LogP contribution in [0.5, 0.6) is 5.88 Å². The molecule has 0 aliphatic rings. The fraction of sp³-hybridized carbons (Fsp3) is 0.0526. The van der Waals surface area contributed by atoms with Gasteiger partial charge in [-0.25, -0.2) is 19.9 Å². The quantitative estimate of drug-likeness (QED) is 0.519. The summed E-state index contributed by atoms with van der Waals surface area (Å²) in [6.07, 6.45) is 5.41. The Morgan fingerprint density at radius 3 is 2.92 bits per heavy atom. The molecule has 0 aliphatic carbocycles. The molecule has 0 bridgehead atoms. The molecule has 26 heavy (non-hydrogen) atoms. The minimum absolute atomic E-state index is 0.550. The van der Waals surface area contributed by atoms with Crippen molar-refractivity contribution < 1.29 is 4.74 Å². The molecule has 0 saturated carbocycles. The van der Waals surface area contributed by atoms with Gasteiger partial charge in [-0.2, -0.15) is 0 Å². The topological polar surface area (TPSA) is 76.6 Å². The smallest absolute Gasteiger partial charge is 0.213 e. The summed E-state index contributed by atoms with van der Waals surface area (Å²) in [5.74, 6) is 0.550. The summed E-state index contributed by atoms with van der Waals surface area (Å²) < 4.78 is 6.36. The summed E-state index contributed by atoms with van der Waals surface area (Å²) >= 11 is 1.63. The second-order valence-electron chi connectivity index (χ2n) is 5.78. The number of fused-ring (bicyclic) bond motifs is 2. The third-order valence-electron chi connectivity index (χ3n) is 4.26. The molecule has 4 heterocycles. The average molecular weight is 359 g/mol. The Balaban J connectivity index is 1.67. The van der Waals surface area contributed by atoms with Crippen LogP contribution in [-0.4, -0.2) is 32.0 Å². The molecule has 0 spiro atoms. The molecule has 5 aromatic rings. The van der Waals surface area contributed by atoms with E-state index in [0.717, 1.165) is 43.8 Å². The first kappa shape index (κ1) is 15.0. The zero-order valence-electron chi connectivity index (χ0n) is 13.8. The van der Waals surface area contributed by atoms with Gasteiger partial charge in [-0.05, 0) is 23.8 Å². The molecule has 0 aliphatic heterocycles. The normalized spacial score (nSPS) is 11.3. The molecule has 0 amide bonds. The van der Waals surface area contributed by atoms with Gasteiger partial charge in [0, 0.05) is 29.6 Å². The van der Waals surface area contributed by atoms with Gasteiger partial charge in [0.2, 0.25) is 5.88 Å². The van der Waals surface area contributed by atoms with Crippen molar-refractivity contribution in [3.63, 3.8) is 0 Å².